The summed E-state index contributed by atoms with van der Waals surface area (Å²) < 4.78 is 46.1. The zero-order chi connectivity index (χ0) is 15.5. The molecule has 0 saturated heterocycles. The van der Waals surface area contributed by atoms with E-state index in [0.29, 0.717) is 5.69 Å². The first-order valence-electron chi connectivity index (χ1n) is 5.71. The first-order valence-corrected chi connectivity index (χ1v) is 5.71. The number of rotatable bonds is 3. The van der Waals surface area contributed by atoms with Crippen molar-refractivity contribution in [1.29, 1.82) is 5.26 Å². The maximum absolute atomic E-state index is 12.3. The molecule has 21 heavy (non-hydrogen) atoms. The predicted octanol–water partition coefficient (Wildman–Crippen LogP) is 3.83. The number of nitrogen functional groups attached to an aromatic ring is 1. The van der Waals surface area contributed by atoms with Crippen LogP contribution in [0.4, 0.5) is 18.9 Å². The quantitative estimate of drug-likeness (QED) is 0.873. The number of ether oxygens (including phenoxy) is 2. The standard InChI is InChI=1S/C14H9F3N2O2/c15-14(16,17)21-13-4-2-1-3-12(13)20-11-6-5-10(19)7-9(11)8-18/h1-7H,19H2. The maximum Gasteiger partial charge on any atom is 0.573 e. The molecule has 0 unspecified atom stereocenters. The van der Waals surface area contributed by atoms with Gasteiger partial charge in [0.2, 0.25) is 0 Å². The Bertz CT molecular complexity index is 693. The molecule has 0 aliphatic carbocycles. The van der Waals surface area contributed by atoms with Crippen molar-refractivity contribution in [3.8, 4) is 23.3 Å². The van der Waals surface area contributed by atoms with Crippen LogP contribution in [0.3, 0.4) is 0 Å². The van der Waals surface area contributed by atoms with Gasteiger partial charge in [-0.2, -0.15) is 5.26 Å². The van der Waals surface area contributed by atoms with Gasteiger partial charge in [0.15, 0.2) is 11.5 Å². The highest BCUT2D eigenvalue weighted by atomic mass is 19.4. The maximum atomic E-state index is 12.3. The van der Waals surface area contributed by atoms with Crippen LogP contribution in [-0.2, 0) is 0 Å². The molecule has 108 valence electrons. The van der Waals surface area contributed by atoms with Crippen LogP contribution in [0.5, 0.6) is 17.2 Å². The Morgan fingerprint density at radius 2 is 1.67 bits per heavy atom. The molecular weight excluding hydrogens is 285 g/mol. The summed E-state index contributed by atoms with van der Waals surface area (Å²) in [6.07, 6.45) is -4.83. The van der Waals surface area contributed by atoms with E-state index >= 15 is 0 Å². The van der Waals surface area contributed by atoms with E-state index in [-0.39, 0.29) is 17.1 Å². The van der Waals surface area contributed by atoms with E-state index in [1.54, 1.807) is 0 Å². The van der Waals surface area contributed by atoms with Crippen molar-refractivity contribution in [2.45, 2.75) is 6.36 Å². The number of benzene rings is 2. The number of anilines is 1. The Hall–Kier alpha value is -2.88. The molecule has 0 aliphatic heterocycles. The number of para-hydroxylation sites is 2. The Morgan fingerprint density at radius 3 is 2.29 bits per heavy atom. The largest absolute Gasteiger partial charge is 0.573 e. The molecule has 2 aromatic carbocycles. The van der Waals surface area contributed by atoms with E-state index in [0.717, 1.165) is 6.07 Å². The summed E-state index contributed by atoms with van der Waals surface area (Å²) in [6, 6.07) is 11.4. The second kappa shape index (κ2) is 5.63. The third-order valence-corrected chi connectivity index (χ3v) is 2.42. The first-order chi connectivity index (χ1) is 9.89. The minimum absolute atomic E-state index is 0.0879. The summed E-state index contributed by atoms with van der Waals surface area (Å²) in [4.78, 5) is 0. The molecule has 0 radical (unpaired) electrons. The van der Waals surface area contributed by atoms with Gasteiger partial charge in [-0.3, -0.25) is 0 Å². The van der Waals surface area contributed by atoms with Crippen LogP contribution in [0.1, 0.15) is 5.56 Å². The van der Waals surface area contributed by atoms with Crippen LogP contribution in [0.2, 0.25) is 0 Å². The highest BCUT2D eigenvalue weighted by molar-refractivity contribution is 5.55. The molecule has 0 amide bonds. The fourth-order valence-electron chi connectivity index (χ4n) is 1.59. The molecule has 0 fully saturated rings. The Labute approximate surface area is 118 Å². The van der Waals surface area contributed by atoms with E-state index in [4.69, 9.17) is 15.7 Å². The first kappa shape index (κ1) is 14.5. The molecule has 7 heteroatoms. The topological polar surface area (TPSA) is 68.3 Å². The number of nitrogens with zero attached hydrogens (tertiary/aromatic N) is 1. The molecule has 0 saturated carbocycles. The van der Waals surface area contributed by atoms with Gasteiger partial charge in [-0.25, -0.2) is 0 Å². The molecule has 0 aromatic heterocycles. The molecule has 0 aliphatic rings. The second-order valence-corrected chi connectivity index (χ2v) is 3.96. The Balaban J connectivity index is 2.35. The third-order valence-electron chi connectivity index (χ3n) is 2.42. The normalized spacial score (nSPS) is 10.8. The van der Waals surface area contributed by atoms with Gasteiger partial charge in [0, 0.05) is 5.69 Å². The van der Waals surface area contributed by atoms with Crippen LogP contribution in [0.25, 0.3) is 0 Å². The summed E-state index contributed by atoms with van der Waals surface area (Å²) in [5, 5.41) is 8.98. The predicted molar refractivity (Wildman–Crippen MR) is 68.8 cm³/mol. The van der Waals surface area contributed by atoms with Crippen LogP contribution < -0.4 is 15.2 Å². The summed E-state index contributed by atoms with van der Waals surface area (Å²) >= 11 is 0. The van der Waals surface area contributed by atoms with Gasteiger partial charge in [-0.05, 0) is 30.3 Å². The van der Waals surface area contributed by atoms with Crippen molar-refractivity contribution in [2.24, 2.45) is 0 Å². The van der Waals surface area contributed by atoms with E-state index in [1.165, 1.54) is 36.4 Å². The van der Waals surface area contributed by atoms with Crippen molar-refractivity contribution in [3.63, 3.8) is 0 Å². The van der Waals surface area contributed by atoms with Crippen molar-refractivity contribution < 1.29 is 22.6 Å². The molecular formula is C14H9F3N2O2. The van der Waals surface area contributed by atoms with Gasteiger partial charge in [0.25, 0.3) is 0 Å². The zero-order valence-electron chi connectivity index (χ0n) is 10.5. The van der Waals surface area contributed by atoms with Gasteiger partial charge >= 0.3 is 6.36 Å². The van der Waals surface area contributed by atoms with E-state index in [1.807, 2.05) is 6.07 Å². The average Bonchev–Trinajstić information content (AvgIpc) is 2.41. The number of hydrogen-bond acceptors (Lipinski definition) is 4. The van der Waals surface area contributed by atoms with Crippen LogP contribution in [0.15, 0.2) is 42.5 Å². The number of halogens is 3. The number of hydrogen-bond donors (Lipinski definition) is 1. The number of nitrogens with two attached hydrogens (primary N) is 1. The van der Waals surface area contributed by atoms with Crippen LogP contribution >= 0.6 is 0 Å². The minimum Gasteiger partial charge on any atom is -0.452 e. The van der Waals surface area contributed by atoms with Crippen molar-refractivity contribution in [1.82, 2.24) is 0 Å². The smallest absolute Gasteiger partial charge is 0.452 e. The lowest BCUT2D eigenvalue weighted by Crippen LogP contribution is -2.17. The molecule has 2 N–H and O–H groups in total. The average molecular weight is 294 g/mol. The Morgan fingerprint density at radius 1 is 1.00 bits per heavy atom. The number of alkyl halides is 3. The summed E-state index contributed by atoms with van der Waals surface area (Å²) in [6.45, 7) is 0. The summed E-state index contributed by atoms with van der Waals surface area (Å²) in [5.74, 6) is -0.563. The SMILES string of the molecule is N#Cc1cc(N)ccc1Oc1ccccc1OC(F)(F)F. The van der Waals surface area contributed by atoms with E-state index in [9.17, 15) is 13.2 Å². The molecule has 2 aromatic rings. The molecule has 2 rings (SSSR count). The molecule has 0 heterocycles. The summed E-state index contributed by atoms with van der Waals surface area (Å²) in [7, 11) is 0. The molecule has 0 atom stereocenters. The van der Waals surface area contributed by atoms with E-state index in [2.05, 4.69) is 4.74 Å². The Kier molecular flexibility index (Phi) is 3.89. The fourth-order valence-corrected chi connectivity index (χ4v) is 1.59. The van der Waals surface area contributed by atoms with Crippen molar-refractivity contribution >= 4 is 5.69 Å². The van der Waals surface area contributed by atoms with E-state index < -0.39 is 12.1 Å². The summed E-state index contributed by atoms with van der Waals surface area (Å²) in [5.41, 5.74) is 5.98. The fraction of sp³-hybridized carbons (Fsp3) is 0.0714. The van der Waals surface area contributed by atoms with Crippen molar-refractivity contribution in [3.05, 3.63) is 48.0 Å². The van der Waals surface area contributed by atoms with Crippen LogP contribution in [-0.4, -0.2) is 6.36 Å². The number of nitriles is 1. The highest BCUT2D eigenvalue weighted by Crippen LogP contribution is 2.36. The lowest BCUT2D eigenvalue weighted by atomic mass is 10.2. The molecule has 4 nitrogen and oxygen atoms in total. The second-order valence-electron chi connectivity index (χ2n) is 3.96. The minimum atomic E-state index is -4.83. The van der Waals surface area contributed by atoms with Gasteiger partial charge < -0.3 is 15.2 Å². The van der Waals surface area contributed by atoms with Gasteiger partial charge in [-0.15, -0.1) is 13.2 Å². The van der Waals surface area contributed by atoms with Gasteiger partial charge in [0.1, 0.15) is 11.8 Å². The van der Waals surface area contributed by atoms with Gasteiger partial charge in [0.05, 0.1) is 5.56 Å². The zero-order valence-corrected chi connectivity index (χ0v) is 10.5. The van der Waals surface area contributed by atoms with Gasteiger partial charge in [-0.1, -0.05) is 12.1 Å². The monoisotopic (exact) mass is 294 g/mol. The lowest BCUT2D eigenvalue weighted by Gasteiger charge is -2.14. The highest BCUT2D eigenvalue weighted by Gasteiger charge is 2.32. The third kappa shape index (κ3) is 3.79. The molecule has 0 spiro atoms. The molecule has 0 bridgehead atoms. The lowest BCUT2D eigenvalue weighted by molar-refractivity contribution is -0.275. The van der Waals surface area contributed by atoms with Crippen LogP contribution in [0, 0.1) is 11.3 Å². The van der Waals surface area contributed by atoms with Crippen molar-refractivity contribution in [2.75, 3.05) is 5.73 Å².